The molecule has 0 unspecified atom stereocenters. The van der Waals surface area contributed by atoms with Gasteiger partial charge in [0.1, 0.15) is 0 Å². The van der Waals surface area contributed by atoms with Gasteiger partial charge in [-0.3, -0.25) is 4.99 Å². The third kappa shape index (κ3) is 3.66. The van der Waals surface area contributed by atoms with Crippen LogP contribution in [0.1, 0.15) is 39.1 Å². The second kappa shape index (κ2) is 7.55. The summed E-state index contributed by atoms with van der Waals surface area (Å²) in [5.74, 6) is 0. The molecule has 2 aliphatic rings. The van der Waals surface area contributed by atoms with Gasteiger partial charge in [0.2, 0.25) is 0 Å². The maximum atomic E-state index is 4.67. The summed E-state index contributed by atoms with van der Waals surface area (Å²) in [7, 11) is 0. The highest BCUT2D eigenvalue weighted by Gasteiger charge is 2.11. The molecule has 0 spiro atoms. The number of rotatable bonds is 4. The van der Waals surface area contributed by atoms with Crippen LogP contribution in [-0.4, -0.2) is 27.9 Å². The minimum atomic E-state index is 0.776. The molecule has 4 rings (SSSR count). The van der Waals surface area contributed by atoms with E-state index in [1.807, 2.05) is 19.1 Å². The zero-order chi connectivity index (χ0) is 20.5. The first-order valence-corrected chi connectivity index (χ1v) is 9.85. The van der Waals surface area contributed by atoms with Crippen LogP contribution in [0.15, 0.2) is 76.4 Å². The van der Waals surface area contributed by atoms with Crippen LogP contribution in [0.3, 0.4) is 0 Å². The van der Waals surface area contributed by atoms with Crippen molar-refractivity contribution in [3.63, 3.8) is 0 Å². The van der Waals surface area contributed by atoms with Gasteiger partial charge in [-0.05, 0) is 92.5 Å². The highest BCUT2D eigenvalue weighted by molar-refractivity contribution is 6.24. The zero-order valence-corrected chi connectivity index (χ0v) is 17.4. The normalized spacial score (nSPS) is 19.3. The molecule has 2 N–H and O–H groups in total. The molecule has 0 aromatic carbocycles. The summed E-state index contributed by atoms with van der Waals surface area (Å²) in [6.07, 6.45) is 8.23. The molecule has 0 radical (unpaired) electrons. The van der Waals surface area contributed by atoms with Crippen LogP contribution in [-0.2, 0) is 0 Å². The molecule has 2 aliphatic heterocycles. The Kier molecular flexibility index (Phi) is 4.93. The summed E-state index contributed by atoms with van der Waals surface area (Å²) in [6.45, 7) is 13.1. The highest BCUT2D eigenvalue weighted by atomic mass is 14.8. The molecule has 4 nitrogen and oxygen atoms in total. The second-order valence-corrected chi connectivity index (χ2v) is 7.57. The molecule has 0 fully saturated rings. The fraction of sp³-hybridized carbons (Fsp3) is 0.200. The summed E-state index contributed by atoms with van der Waals surface area (Å²) in [5.41, 5.74) is 9.59. The summed E-state index contributed by atoms with van der Waals surface area (Å²) in [6, 6.07) is 8.49. The van der Waals surface area contributed by atoms with E-state index >= 15 is 0 Å². The number of nitrogens with zero attached hydrogens (tertiary/aromatic N) is 2. The molecule has 2 aromatic rings. The minimum absolute atomic E-state index is 0.776. The number of aromatic nitrogens is 2. The van der Waals surface area contributed by atoms with E-state index in [1.165, 1.54) is 11.1 Å². The van der Waals surface area contributed by atoms with E-state index in [9.17, 15) is 0 Å². The highest BCUT2D eigenvalue weighted by Crippen LogP contribution is 2.24. The summed E-state index contributed by atoms with van der Waals surface area (Å²) in [4.78, 5) is 16.3. The lowest BCUT2D eigenvalue weighted by molar-refractivity contribution is 1.21. The molecule has 0 saturated heterocycles. The van der Waals surface area contributed by atoms with Crippen molar-refractivity contribution in [2.45, 2.75) is 27.7 Å². The molecular formula is C25H26N4. The standard InChI is InChI=1S/C25H26N4/c1-15(2)19-8-9-22(27-19)17(4)23-12-13-25(29-23)18(5)24-11-10-21(28-24)16(3)20-7-6-14-26-20/h6-13,28-29H,1,14H2,2-5H3/b21-16-,22-17?,24-18-. The lowest BCUT2D eigenvalue weighted by Gasteiger charge is -2.02. The van der Waals surface area contributed by atoms with Gasteiger partial charge in [0.05, 0.1) is 23.7 Å². The van der Waals surface area contributed by atoms with Crippen LogP contribution in [0.4, 0.5) is 0 Å². The smallest absolute Gasteiger partial charge is 0.0687 e. The maximum Gasteiger partial charge on any atom is 0.0687 e. The van der Waals surface area contributed by atoms with Crippen LogP contribution >= 0.6 is 0 Å². The summed E-state index contributed by atoms with van der Waals surface area (Å²) < 4.78 is 0. The van der Waals surface area contributed by atoms with Crippen molar-refractivity contribution >= 4 is 28.1 Å². The van der Waals surface area contributed by atoms with Gasteiger partial charge in [0.25, 0.3) is 0 Å². The zero-order valence-electron chi connectivity index (χ0n) is 17.4. The first-order chi connectivity index (χ1) is 13.9. The van der Waals surface area contributed by atoms with Crippen LogP contribution in [0, 0.1) is 0 Å². The molecule has 0 atom stereocenters. The third-order valence-electron chi connectivity index (χ3n) is 5.48. The molecule has 4 heterocycles. The number of aliphatic imine (C=N–C) groups is 2. The van der Waals surface area contributed by atoms with Gasteiger partial charge in [-0.1, -0.05) is 12.7 Å². The van der Waals surface area contributed by atoms with E-state index in [0.717, 1.165) is 56.9 Å². The van der Waals surface area contributed by atoms with Crippen molar-refractivity contribution in [1.82, 2.24) is 9.97 Å². The molecule has 0 amide bonds. The topological polar surface area (TPSA) is 56.3 Å². The van der Waals surface area contributed by atoms with Crippen molar-refractivity contribution < 1.29 is 0 Å². The largest absolute Gasteiger partial charge is 0.355 e. The second-order valence-electron chi connectivity index (χ2n) is 7.57. The number of nitrogens with one attached hydrogen (secondary N) is 2. The number of aromatic amines is 2. The molecule has 0 aliphatic carbocycles. The van der Waals surface area contributed by atoms with Gasteiger partial charge in [0, 0.05) is 22.1 Å². The number of allylic oxidation sites excluding steroid dienone is 5. The number of hydrogen-bond acceptors (Lipinski definition) is 2. The summed E-state index contributed by atoms with van der Waals surface area (Å²) >= 11 is 0. The fourth-order valence-corrected chi connectivity index (χ4v) is 3.51. The lowest BCUT2D eigenvalue weighted by atomic mass is 10.1. The van der Waals surface area contributed by atoms with Gasteiger partial charge in [-0.15, -0.1) is 0 Å². The van der Waals surface area contributed by atoms with E-state index in [2.05, 4.69) is 83.7 Å². The molecular weight excluding hydrogens is 356 g/mol. The lowest BCUT2D eigenvalue weighted by Crippen LogP contribution is -2.16. The Labute approximate surface area is 171 Å². The molecule has 0 saturated carbocycles. The predicted octanol–water partition coefficient (Wildman–Crippen LogP) is 4.06. The monoisotopic (exact) mass is 382 g/mol. The van der Waals surface area contributed by atoms with Crippen molar-refractivity contribution in [3.8, 4) is 0 Å². The van der Waals surface area contributed by atoms with Crippen molar-refractivity contribution in [2.24, 2.45) is 9.98 Å². The van der Waals surface area contributed by atoms with Gasteiger partial charge in [0.15, 0.2) is 0 Å². The Bertz CT molecular complexity index is 1270. The van der Waals surface area contributed by atoms with Crippen molar-refractivity contribution in [3.05, 3.63) is 88.5 Å². The Morgan fingerprint density at radius 1 is 0.793 bits per heavy atom. The van der Waals surface area contributed by atoms with Crippen molar-refractivity contribution in [2.75, 3.05) is 6.54 Å². The van der Waals surface area contributed by atoms with Crippen LogP contribution in [0.25, 0.3) is 16.7 Å². The van der Waals surface area contributed by atoms with Gasteiger partial charge >= 0.3 is 0 Å². The SMILES string of the molecule is C=C(C)C1=NC(=C(C)c2ccc(/C(C)=c3/cc/c(=C(\C)C4=NCC=C4)[nH]3)[nH]2)C=C1. The Morgan fingerprint density at radius 2 is 1.48 bits per heavy atom. The molecule has 2 aromatic heterocycles. The Hall–Kier alpha value is -3.40. The average molecular weight is 383 g/mol. The molecule has 146 valence electrons. The van der Waals surface area contributed by atoms with E-state index in [-0.39, 0.29) is 0 Å². The quantitative estimate of drug-likeness (QED) is 0.801. The van der Waals surface area contributed by atoms with Gasteiger partial charge < -0.3 is 9.97 Å². The predicted molar refractivity (Wildman–Crippen MR) is 124 cm³/mol. The molecule has 4 heteroatoms. The first-order valence-electron chi connectivity index (χ1n) is 9.85. The molecule has 0 bridgehead atoms. The Balaban J connectivity index is 1.69. The van der Waals surface area contributed by atoms with Crippen LogP contribution in [0.5, 0.6) is 0 Å². The van der Waals surface area contributed by atoms with Crippen LogP contribution in [0.2, 0.25) is 0 Å². The number of hydrogen-bond donors (Lipinski definition) is 2. The molecule has 29 heavy (non-hydrogen) atoms. The fourth-order valence-electron chi connectivity index (χ4n) is 3.51. The van der Waals surface area contributed by atoms with Gasteiger partial charge in [-0.2, -0.15) is 0 Å². The third-order valence-corrected chi connectivity index (χ3v) is 5.48. The Morgan fingerprint density at radius 3 is 2.10 bits per heavy atom. The maximum absolute atomic E-state index is 4.67. The number of H-pyrrole nitrogens is 2. The average Bonchev–Trinajstić information content (AvgIpc) is 3.51. The first kappa shape index (κ1) is 18.9. The van der Waals surface area contributed by atoms with E-state index in [0.29, 0.717) is 0 Å². The summed E-state index contributed by atoms with van der Waals surface area (Å²) in [5, 5.41) is 2.21. The van der Waals surface area contributed by atoms with E-state index in [4.69, 9.17) is 0 Å². The van der Waals surface area contributed by atoms with E-state index in [1.54, 1.807) is 0 Å². The minimum Gasteiger partial charge on any atom is -0.355 e. The van der Waals surface area contributed by atoms with Crippen molar-refractivity contribution in [1.29, 1.82) is 0 Å². The van der Waals surface area contributed by atoms with E-state index < -0.39 is 0 Å². The van der Waals surface area contributed by atoms with Gasteiger partial charge in [-0.25, -0.2) is 4.99 Å². The van der Waals surface area contributed by atoms with Crippen LogP contribution < -0.4 is 10.7 Å².